The van der Waals surface area contributed by atoms with Crippen molar-refractivity contribution in [2.75, 3.05) is 4.90 Å². The molecule has 1 aliphatic heterocycles. The molecular formula is C14H14N2O4. The van der Waals surface area contributed by atoms with E-state index in [1.54, 1.807) is 0 Å². The average molecular weight is 274 g/mol. The number of carbonyl (C=O) groups is 3. The number of carboxylic acid groups (broad SMARTS) is 1. The molecule has 3 rings (SSSR count). The summed E-state index contributed by atoms with van der Waals surface area (Å²) in [6, 6.07) is 1.30. The van der Waals surface area contributed by atoms with Crippen LogP contribution in [0.1, 0.15) is 42.5 Å². The Morgan fingerprint density at radius 3 is 2.65 bits per heavy atom. The van der Waals surface area contributed by atoms with Crippen LogP contribution < -0.4 is 4.90 Å². The van der Waals surface area contributed by atoms with Crippen LogP contribution in [-0.2, 0) is 9.59 Å². The molecule has 2 aliphatic rings. The second kappa shape index (κ2) is 4.40. The van der Waals surface area contributed by atoms with Gasteiger partial charge in [-0.05, 0) is 18.9 Å². The van der Waals surface area contributed by atoms with Crippen LogP contribution in [0.15, 0.2) is 18.5 Å². The van der Waals surface area contributed by atoms with E-state index in [0.717, 1.165) is 17.7 Å². The summed E-state index contributed by atoms with van der Waals surface area (Å²) in [6.45, 7) is 0. The molecule has 1 saturated heterocycles. The highest BCUT2D eigenvalue weighted by Crippen LogP contribution is 2.48. The van der Waals surface area contributed by atoms with E-state index in [1.807, 2.05) is 0 Å². The second-order valence-corrected chi connectivity index (χ2v) is 5.40. The number of aromatic carboxylic acids is 1. The highest BCUT2D eigenvalue weighted by Gasteiger charge is 2.53. The van der Waals surface area contributed by atoms with Gasteiger partial charge in [0.25, 0.3) is 0 Å². The molecule has 0 unspecified atom stereocenters. The minimum atomic E-state index is -1.17. The zero-order chi connectivity index (χ0) is 14.3. The summed E-state index contributed by atoms with van der Waals surface area (Å²) < 4.78 is 0. The summed E-state index contributed by atoms with van der Waals surface area (Å²) in [7, 11) is 0. The van der Waals surface area contributed by atoms with Crippen LogP contribution in [0.3, 0.4) is 0 Å². The zero-order valence-corrected chi connectivity index (χ0v) is 10.8. The van der Waals surface area contributed by atoms with Gasteiger partial charge < -0.3 is 5.11 Å². The smallest absolute Gasteiger partial charge is 0.337 e. The number of nitrogens with zero attached hydrogens (tertiary/aromatic N) is 2. The molecular weight excluding hydrogens is 260 g/mol. The third-order valence-electron chi connectivity index (χ3n) is 4.23. The molecule has 1 saturated carbocycles. The number of anilines is 1. The first kappa shape index (κ1) is 12.8. The van der Waals surface area contributed by atoms with E-state index in [9.17, 15) is 19.5 Å². The first-order valence-electron chi connectivity index (χ1n) is 6.60. The molecule has 0 aromatic carbocycles. The molecule has 1 spiro atoms. The van der Waals surface area contributed by atoms with Crippen molar-refractivity contribution in [3.05, 3.63) is 24.0 Å². The van der Waals surface area contributed by atoms with E-state index in [-0.39, 0.29) is 29.5 Å². The third kappa shape index (κ3) is 1.71. The van der Waals surface area contributed by atoms with Gasteiger partial charge in [-0.2, -0.15) is 0 Å². The number of imide groups is 1. The summed E-state index contributed by atoms with van der Waals surface area (Å²) in [4.78, 5) is 40.9. The van der Waals surface area contributed by atoms with Gasteiger partial charge >= 0.3 is 5.97 Å². The molecule has 1 aromatic rings. The van der Waals surface area contributed by atoms with Crippen LogP contribution in [0.2, 0.25) is 0 Å². The predicted molar refractivity (Wildman–Crippen MR) is 69.2 cm³/mol. The van der Waals surface area contributed by atoms with E-state index < -0.39 is 11.4 Å². The Bertz CT molecular complexity index is 605. The quantitative estimate of drug-likeness (QED) is 0.828. The van der Waals surface area contributed by atoms with Gasteiger partial charge in [-0.1, -0.05) is 12.8 Å². The van der Waals surface area contributed by atoms with E-state index in [0.29, 0.717) is 12.8 Å². The fourth-order valence-electron chi connectivity index (χ4n) is 3.23. The maximum atomic E-state index is 12.6. The van der Waals surface area contributed by atoms with Gasteiger partial charge in [0.05, 0.1) is 22.9 Å². The third-order valence-corrected chi connectivity index (χ3v) is 4.23. The summed E-state index contributed by atoms with van der Waals surface area (Å²) in [5.41, 5.74) is -0.599. The zero-order valence-electron chi connectivity index (χ0n) is 10.8. The normalized spacial score (nSPS) is 20.9. The van der Waals surface area contributed by atoms with Crippen LogP contribution in [0.5, 0.6) is 0 Å². The van der Waals surface area contributed by atoms with E-state index in [1.165, 1.54) is 18.5 Å². The van der Waals surface area contributed by atoms with Crippen molar-refractivity contribution in [1.29, 1.82) is 0 Å². The molecule has 2 fully saturated rings. The number of pyridine rings is 1. The SMILES string of the molecule is O=C(O)c1ccncc1N1C(=O)CC2(CCCC2)C1=O. The lowest BCUT2D eigenvalue weighted by molar-refractivity contribution is -0.125. The van der Waals surface area contributed by atoms with Crippen molar-refractivity contribution in [2.24, 2.45) is 5.41 Å². The summed E-state index contributed by atoms with van der Waals surface area (Å²) >= 11 is 0. The lowest BCUT2D eigenvalue weighted by atomic mass is 9.84. The monoisotopic (exact) mass is 274 g/mol. The lowest BCUT2D eigenvalue weighted by Gasteiger charge is -2.21. The number of hydrogen-bond donors (Lipinski definition) is 1. The number of amides is 2. The molecule has 0 bridgehead atoms. The van der Waals surface area contributed by atoms with Gasteiger partial charge in [0.15, 0.2) is 0 Å². The van der Waals surface area contributed by atoms with Crippen molar-refractivity contribution >= 4 is 23.5 Å². The maximum absolute atomic E-state index is 12.6. The molecule has 0 atom stereocenters. The highest BCUT2D eigenvalue weighted by molar-refractivity contribution is 6.24. The molecule has 104 valence electrons. The van der Waals surface area contributed by atoms with Crippen molar-refractivity contribution < 1.29 is 19.5 Å². The van der Waals surface area contributed by atoms with Crippen LogP contribution in [0, 0.1) is 5.41 Å². The molecule has 2 heterocycles. The standard InChI is InChI=1S/C14H14N2O4/c17-11-7-14(4-1-2-5-14)13(20)16(11)10-8-15-6-3-9(10)12(18)19/h3,6,8H,1-2,4-5,7H2,(H,18,19). The largest absolute Gasteiger partial charge is 0.478 e. The van der Waals surface area contributed by atoms with Crippen LogP contribution >= 0.6 is 0 Å². The summed E-state index contributed by atoms with van der Waals surface area (Å²) in [5, 5.41) is 9.18. The number of carbonyl (C=O) groups excluding carboxylic acids is 2. The van der Waals surface area contributed by atoms with Crippen LogP contribution in [0.25, 0.3) is 0 Å². The van der Waals surface area contributed by atoms with E-state index in [2.05, 4.69) is 4.98 Å². The maximum Gasteiger partial charge on any atom is 0.337 e. The molecule has 1 aromatic heterocycles. The van der Waals surface area contributed by atoms with Gasteiger partial charge in [0.2, 0.25) is 11.8 Å². The minimum absolute atomic E-state index is 0.0725. The van der Waals surface area contributed by atoms with Crippen molar-refractivity contribution in [1.82, 2.24) is 4.98 Å². The average Bonchev–Trinajstić information content (AvgIpc) is 2.97. The fourth-order valence-corrected chi connectivity index (χ4v) is 3.23. The molecule has 20 heavy (non-hydrogen) atoms. The fraction of sp³-hybridized carbons (Fsp3) is 0.429. The van der Waals surface area contributed by atoms with E-state index in [4.69, 9.17) is 0 Å². The molecule has 6 nitrogen and oxygen atoms in total. The number of rotatable bonds is 2. The number of aromatic nitrogens is 1. The number of carboxylic acids is 1. The van der Waals surface area contributed by atoms with Crippen molar-refractivity contribution in [2.45, 2.75) is 32.1 Å². The van der Waals surface area contributed by atoms with Gasteiger partial charge in [0, 0.05) is 12.6 Å². The topological polar surface area (TPSA) is 87.6 Å². The van der Waals surface area contributed by atoms with Crippen molar-refractivity contribution in [3.8, 4) is 0 Å². The summed E-state index contributed by atoms with van der Waals surface area (Å²) in [5.74, 6) is -1.77. The van der Waals surface area contributed by atoms with Gasteiger partial charge in [-0.25, -0.2) is 9.69 Å². The second-order valence-electron chi connectivity index (χ2n) is 5.40. The first-order valence-corrected chi connectivity index (χ1v) is 6.60. The Labute approximate surface area is 115 Å². The van der Waals surface area contributed by atoms with Crippen LogP contribution in [-0.4, -0.2) is 27.9 Å². The van der Waals surface area contributed by atoms with Gasteiger partial charge in [0.1, 0.15) is 0 Å². The molecule has 1 N–H and O–H groups in total. The summed E-state index contributed by atoms with van der Waals surface area (Å²) in [6.07, 6.45) is 6.07. The van der Waals surface area contributed by atoms with Crippen molar-refractivity contribution in [3.63, 3.8) is 0 Å². The molecule has 6 heteroatoms. The molecule has 2 amide bonds. The Hall–Kier alpha value is -2.24. The predicted octanol–water partition coefficient (Wildman–Crippen LogP) is 1.60. The Balaban J connectivity index is 2.05. The Morgan fingerprint density at radius 1 is 1.30 bits per heavy atom. The van der Waals surface area contributed by atoms with Gasteiger partial charge in [-0.3, -0.25) is 14.6 Å². The number of hydrogen-bond acceptors (Lipinski definition) is 4. The first-order chi connectivity index (χ1) is 9.55. The van der Waals surface area contributed by atoms with E-state index >= 15 is 0 Å². The molecule has 1 aliphatic carbocycles. The Kier molecular flexibility index (Phi) is 2.81. The molecule has 0 radical (unpaired) electrons. The minimum Gasteiger partial charge on any atom is -0.478 e. The van der Waals surface area contributed by atoms with Gasteiger partial charge in [-0.15, -0.1) is 0 Å². The lowest BCUT2D eigenvalue weighted by Crippen LogP contribution is -2.35. The van der Waals surface area contributed by atoms with Crippen LogP contribution in [0.4, 0.5) is 5.69 Å². The Morgan fingerprint density at radius 2 is 2.00 bits per heavy atom. The highest BCUT2D eigenvalue weighted by atomic mass is 16.4.